The molecule has 30 heavy (non-hydrogen) atoms. The maximum Gasteiger partial charge on any atom is 0.407 e. The third kappa shape index (κ3) is 11.4. The van der Waals surface area contributed by atoms with Crippen molar-refractivity contribution in [2.24, 2.45) is 10.9 Å². The summed E-state index contributed by atoms with van der Waals surface area (Å²) in [5, 5.41) is 11.5. The number of rotatable bonds is 8. The van der Waals surface area contributed by atoms with Gasteiger partial charge in [0.25, 0.3) is 0 Å². The predicted molar refractivity (Wildman–Crippen MR) is 136 cm³/mol. The monoisotopic (exact) mass is 551 g/mol. The summed E-state index contributed by atoms with van der Waals surface area (Å²) in [6.07, 6.45) is 1.98. The van der Waals surface area contributed by atoms with E-state index in [9.17, 15) is 4.79 Å². The number of piperidine rings is 1. The number of thiophene rings is 1. The number of carbonyl (C=O) groups is 1. The van der Waals surface area contributed by atoms with Crippen molar-refractivity contribution in [3.8, 4) is 0 Å². The van der Waals surface area contributed by atoms with Gasteiger partial charge < -0.3 is 20.7 Å². The molecule has 0 spiro atoms. The molecule has 1 aromatic heterocycles. The van der Waals surface area contributed by atoms with Crippen LogP contribution in [0, 0.1) is 5.92 Å². The minimum Gasteiger partial charge on any atom is -0.444 e. The highest BCUT2D eigenvalue weighted by molar-refractivity contribution is 14.0. The molecule has 1 amide bonds. The van der Waals surface area contributed by atoms with Crippen molar-refractivity contribution in [3.05, 3.63) is 22.4 Å². The SMILES string of the molecule is CCNC(=NCC1CCN(Cc2cccs2)CC1)NCCNC(=O)OC(C)(C)C.I. The molecule has 2 rings (SSSR count). The number of aliphatic imine (C=N–C) groups is 1. The average Bonchev–Trinajstić information content (AvgIpc) is 3.16. The van der Waals surface area contributed by atoms with Crippen LogP contribution in [0.5, 0.6) is 0 Å². The lowest BCUT2D eigenvalue weighted by molar-refractivity contribution is 0.0529. The van der Waals surface area contributed by atoms with Gasteiger partial charge in [0.2, 0.25) is 0 Å². The molecular weight excluding hydrogens is 513 g/mol. The van der Waals surface area contributed by atoms with Gasteiger partial charge in [-0.1, -0.05) is 6.07 Å². The van der Waals surface area contributed by atoms with E-state index in [1.54, 1.807) is 0 Å². The van der Waals surface area contributed by atoms with Gasteiger partial charge in [-0.15, -0.1) is 35.3 Å². The van der Waals surface area contributed by atoms with Crippen molar-refractivity contribution in [2.75, 3.05) is 39.3 Å². The number of amides is 1. The van der Waals surface area contributed by atoms with Gasteiger partial charge in [-0.3, -0.25) is 9.89 Å². The summed E-state index contributed by atoms with van der Waals surface area (Å²) in [5.41, 5.74) is -0.479. The summed E-state index contributed by atoms with van der Waals surface area (Å²) in [6.45, 7) is 13.7. The van der Waals surface area contributed by atoms with Gasteiger partial charge in [-0.05, 0) is 71.0 Å². The first-order chi connectivity index (χ1) is 13.9. The molecule has 0 atom stereocenters. The number of carbonyl (C=O) groups excluding carboxylic acids is 1. The summed E-state index contributed by atoms with van der Waals surface area (Å²) < 4.78 is 5.23. The molecule has 0 bridgehead atoms. The van der Waals surface area contributed by atoms with Crippen molar-refractivity contribution in [3.63, 3.8) is 0 Å². The van der Waals surface area contributed by atoms with Crippen LogP contribution in [-0.2, 0) is 11.3 Å². The van der Waals surface area contributed by atoms with Gasteiger partial charge in [-0.25, -0.2) is 4.79 Å². The lowest BCUT2D eigenvalue weighted by Gasteiger charge is -2.31. The summed E-state index contributed by atoms with van der Waals surface area (Å²) in [4.78, 5) is 20.4. The Hall–Kier alpha value is -1.07. The molecule has 1 fully saturated rings. The molecule has 1 aliphatic rings. The van der Waals surface area contributed by atoms with Crippen LogP contribution in [0.15, 0.2) is 22.5 Å². The third-order valence-corrected chi connectivity index (χ3v) is 5.47. The van der Waals surface area contributed by atoms with Gasteiger partial charge in [-0.2, -0.15) is 0 Å². The summed E-state index contributed by atoms with van der Waals surface area (Å²) in [5.74, 6) is 1.43. The normalized spacial score (nSPS) is 15.9. The standard InChI is InChI=1S/C21H37N5O2S.HI/c1-5-22-19(23-10-11-24-20(27)28-21(2,3)4)25-15-17-8-12-26(13-9-17)16-18-7-6-14-29-18;/h6-7,14,17H,5,8-13,15-16H2,1-4H3,(H,24,27)(H2,22,23,25);1H. The Balaban J connectivity index is 0.00000450. The number of hydrogen-bond acceptors (Lipinski definition) is 5. The van der Waals surface area contributed by atoms with Crippen LogP contribution in [0.2, 0.25) is 0 Å². The number of likely N-dealkylation sites (tertiary alicyclic amines) is 1. The zero-order valence-corrected chi connectivity index (χ0v) is 21.8. The molecule has 0 aromatic carbocycles. The predicted octanol–water partition coefficient (Wildman–Crippen LogP) is 3.66. The molecule has 1 aliphatic heterocycles. The van der Waals surface area contributed by atoms with Crippen LogP contribution in [0.3, 0.4) is 0 Å². The fourth-order valence-electron chi connectivity index (χ4n) is 3.17. The van der Waals surface area contributed by atoms with Crippen LogP contribution in [-0.4, -0.2) is 61.8 Å². The molecule has 0 saturated carbocycles. The Kier molecular flexibility index (Phi) is 12.7. The van der Waals surface area contributed by atoms with E-state index < -0.39 is 11.7 Å². The fourth-order valence-corrected chi connectivity index (χ4v) is 3.92. The molecule has 172 valence electrons. The molecule has 0 aliphatic carbocycles. The van der Waals surface area contributed by atoms with E-state index in [2.05, 4.69) is 45.3 Å². The van der Waals surface area contributed by atoms with Crippen LogP contribution in [0.25, 0.3) is 0 Å². The molecule has 1 aromatic rings. The number of nitrogens with one attached hydrogen (secondary N) is 3. The van der Waals surface area contributed by atoms with Crippen molar-refractivity contribution in [1.82, 2.24) is 20.9 Å². The summed E-state index contributed by atoms with van der Waals surface area (Å²) >= 11 is 1.84. The molecule has 3 N–H and O–H groups in total. The molecule has 1 saturated heterocycles. The zero-order chi connectivity index (χ0) is 21.1. The lowest BCUT2D eigenvalue weighted by Crippen LogP contribution is -2.43. The zero-order valence-electron chi connectivity index (χ0n) is 18.7. The molecule has 2 heterocycles. The molecular formula is C21H38IN5O2S. The second kappa shape index (κ2) is 14.1. The number of halogens is 1. The van der Waals surface area contributed by atoms with E-state index >= 15 is 0 Å². The number of nitrogens with zero attached hydrogens (tertiary/aromatic N) is 2. The minimum atomic E-state index is -0.479. The highest BCUT2D eigenvalue weighted by atomic mass is 127. The van der Waals surface area contributed by atoms with Gasteiger partial charge >= 0.3 is 6.09 Å². The fraction of sp³-hybridized carbons (Fsp3) is 0.714. The number of guanidine groups is 1. The van der Waals surface area contributed by atoms with E-state index in [0.29, 0.717) is 19.0 Å². The Labute approximate surface area is 202 Å². The van der Waals surface area contributed by atoms with Gasteiger partial charge in [0.1, 0.15) is 5.60 Å². The van der Waals surface area contributed by atoms with E-state index in [1.807, 2.05) is 32.1 Å². The van der Waals surface area contributed by atoms with E-state index in [4.69, 9.17) is 9.73 Å². The Morgan fingerprint density at radius 2 is 1.93 bits per heavy atom. The minimum absolute atomic E-state index is 0. The van der Waals surface area contributed by atoms with Gasteiger partial charge in [0.15, 0.2) is 5.96 Å². The highest BCUT2D eigenvalue weighted by Gasteiger charge is 2.19. The number of alkyl carbamates (subject to hydrolysis) is 1. The van der Waals surface area contributed by atoms with Crippen LogP contribution < -0.4 is 16.0 Å². The van der Waals surface area contributed by atoms with Crippen molar-refractivity contribution in [1.29, 1.82) is 0 Å². The van der Waals surface area contributed by atoms with Crippen molar-refractivity contribution in [2.45, 2.75) is 52.7 Å². The molecule has 7 nitrogen and oxygen atoms in total. The van der Waals surface area contributed by atoms with Gasteiger partial charge in [0.05, 0.1) is 0 Å². The second-order valence-corrected chi connectivity index (χ2v) is 9.41. The molecule has 0 unspecified atom stereocenters. The largest absolute Gasteiger partial charge is 0.444 e. The Morgan fingerprint density at radius 1 is 1.23 bits per heavy atom. The third-order valence-electron chi connectivity index (χ3n) is 4.60. The topological polar surface area (TPSA) is 78.0 Å². The Bertz CT molecular complexity index is 626. The first kappa shape index (κ1) is 27.0. The summed E-state index contributed by atoms with van der Waals surface area (Å²) in [6, 6.07) is 4.34. The van der Waals surface area contributed by atoms with E-state index in [1.165, 1.54) is 17.7 Å². The Morgan fingerprint density at radius 3 is 2.53 bits per heavy atom. The van der Waals surface area contributed by atoms with Crippen molar-refractivity contribution < 1.29 is 9.53 Å². The lowest BCUT2D eigenvalue weighted by atomic mass is 9.97. The second-order valence-electron chi connectivity index (χ2n) is 8.37. The molecule has 0 radical (unpaired) electrons. The number of ether oxygens (including phenoxy) is 1. The van der Waals surface area contributed by atoms with Gasteiger partial charge in [0, 0.05) is 37.6 Å². The van der Waals surface area contributed by atoms with Crippen LogP contribution >= 0.6 is 35.3 Å². The van der Waals surface area contributed by atoms with Crippen molar-refractivity contribution >= 4 is 47.4 Å². The first-order valence-corrected chi connectivity index (χ1v) is 11.5. The smallest absolute Gasteiger partial charge is 0.407 e. The van der Waals surface area contributed by atoms with E-state index in [0.717, 1.165) is 38.7 Å². The average molecular weight is 552 g/mol. The van der Waals surface area contributed by atoms with Crippen LogP contribution in [0.4, 0.5) is 4.79 Å². The first-order valence-electron chi connectivity index (χ1n) is 10.6. The maximum atomic E-state index is 11.7. The van der Waals surface area contributed by atoms with Crippen LogP contribution in [0.1, 0.15) is 45.4 Å². The quantitative estimate of drug-likeness (QED) is 0.199. The molecule has 9 heteroatoms. The summed E-state index contributed by atoms with van der Waals surface area (Å²) in [7, 11) is 0. The van der Waals surface area contributed by atoms with E-state index in [-0.39, 0.29) is 24.0 Å². The number of hydrogen-bond donors (Lipinski definition) is 3. The maximum absolute atomic E-state index is 11.7. The highest BCUT2D eigenvalue weighted by Crippen LogP contribution is 2.20.